The van der Waals surface area contributed by atoms with Crippen LogP contribution in [0.2, 0.25) is 0 Å². The average Bonchev–Trinajstić information content (AvgIpc) is 3.57. The van der Waals surface area contributed by atoms with E-state index in [0.29, 0.717) is 34.8 Å². The minimum Gasteiger partial charge on any atom is -0.299 e. The molecule has 0 aromatic carbocycles. The van der Waals surface area contributed by atoms with Crippen LogP contribution in [0.25, 0.3) is 4.85 Å². The van der Waals surface area contributed by atoms with Gasteiger partial charge in [0.1, 0.15) is 23.5 Å². The van der Waals surface area contributed by atoms with Crippen LogP contribution >= 0.6 is 0 Å². The zero-order valence-corrected chi connectivity index (χ0v) is 22.1. The van der Waals surface area contributed by atoms with Crippen LogP contribution in [-0.4, -0.2) is 5.78 Å². The monoisotopic (exact) mass is 504 g/mol. The second-order valence-corrected chi connectivity index (χ2v) is 13.5. The first-order valence-electron chi connectivity index (χ1n) is 15.3. The van der Waals surface area contributed by atoms with E-state index in [2.05, 4.69) is 23.1 Å². The number of carbonyl (C=O) groups is 1. The maximum Gasteiger partial charge on any atom is 0.261 e. The Balaban J connectivity index is 1.51. The van der Waals surface area contributed by atoms with Gasteiger partial charge in [0, 0.05) is 11.8 Å². The third-order valence-electron chi connectivity index (χ3n) is 12.6. The highest BCUT2D eigenvalue weighted by Crippen LogP contribution is 2.74. The summed E-state index contributed by atoms with van der Waals surface area (Å²) >= 11 is 0. The third-order valence-corrected chi connectivity index (χ3v) is 12.6. The molecule has 0 amide bonds. The van der Waals surface area contributed by atoms with Gasteiger partial charge < -0.3 is 0 Å². The van der Waals surface area contributed by atoms with Crippen molar-refractivity contribution in [2.45, 2.75) is 77.0 Å². The van der Waals surface area contributed by atoms with E-state index in [1.165, 1.54) is 19.3 Å². The fraction of sp³-hybridized carbons (Fsp3) is 0.727. The highest BCUT2D eigenvalue weighted by atomic mass is 16.1. The Morgan fingerprint density at radius 1 is 0.632 bits per heavy atom. The number of ketones is 1. The van der Waals surface area contributed by atoms with Crippen LogP contribution in [0, 0.1) is 112 Å². The van der Waals surface area contributed by atoms with Gasteiger partial charge in [-0.1, -0.05) is 38.5 Å². The van der Waals surface area contributed by atoms with Crippen LogP contribution in [0.5, 0.6) is 0 Å². The largest absolute Gasteiger partial charge is 0.299 e. The van der Waals surface area contributed by atoms with E-state index < -0.39 is 0 Å². The van der Waals surface area contributed by atoms with Crippen molar-refractivity contribution in [3.05, 3.63) is 33.8 Å². The number of nitriles is 3. The Kier molecular flexibility index (Phi) is 5.79. The standard InChI is InChI=1S/C33H36N4O/c1-37-24(16-36)26-19-9-3-5-11-21(19)28-31(26)27-20-10-4-2-8-18(20)25(17(14-34)15-35)30(27)29-22-12-6-7-13-23(22)33(38)32(28)29/h18-23,27-32H,2-13H2. The first-order valence-corrected chi connectivity index (χ1v) is 15.3. The summed E-state index contributed by atoms with van der Waals surface area (Å²) in [7, 11) is 0. The van der Waals surface area contributed by atoms with Crippen molar-refractivity contribution in [3.8, 4) is 18.2 Å². The molecule has 7 aliphatic rings. The fourth-order valence-corrected chi connectivity index (χ4v) is 12.0. The van der Waals surface area contributed by atoms with Crippen LogP contribution < -0.4 is 0 Å². The van der Waals surface area contributed by atoms with Crippen molar-refractivity contribution in [2.75, 3.05) is 0 Å². The molecule has 5 nitrogen and oxygen atoms in total. The van der Waals surface area contributed by atoms with Gasteiger partial charge in [0.15, 0.2) is 0 Å². The molecule has 0 saturated heterocycles. The van der Waals surface area contributed by atoms with Crippen molar-refractivity contribution in [3.63, 3.8) is 0 Å². The molecule has 7 saturated carbocycles. The van der Waals surface area contributed by atoms with E-state index in [1.54, 1.807) is 0 Å². The molecular formula is C33H36N4O. The second kappa shape index (κ2) is 9.10. The lowest BCUT2D eigenvalue weighted by Crippen LogP contribution is -2.48. The molecule has 12 unspecified atom stereocenters. The maximum atomic E-state index is 14.4. The Morgan fingerprint density at radius 3 is 1.61 bits per heavy atom. The highest BCUT2D eigenvalue weighted by Gasteiger charge is 2.71. The molecule has 0 bridgehead atoms. The van der Waals surface area contributed by atoms with Crippen molar-refractivity contribution in [1.29, 1.82) is 15.8 Å². The van der Waals surface area contributed by atoms with Gasteiger partial charge in [0.2, 0.25) is 0 Å². The van der Waals surface area contributed by atoms with Crippen LogP contribution in [0.1, 0.15) is 77.0 Å². The van der Waals surface area contributed by atoms with E-state index in [1.807, 2.05) is 0 Å². The van der Waals surface area contributed by atoms with Gasteiger partial charge in [0.05, 0.1) is 12.6 Å². The summed E-state index contributed by atoms with van der Waals surface area (Å²) in [4.78, 5) is 18.3. The summed E-state index contributed by atoms with van der Waals surface area (Å²) in [5.74, 6) is 3.11. The SMILES string of the molecule is [C-]#[N+]C(C#N)=C1C2CCCCC2C2C3C(=O)C4CCCCC4C3C3C(=C(C#N)C#N)C4CCCCC4C3C12. The van der Waals surface area contributed by atoms with Crippen LogP contribution in [0.3, 0.4) is 0 Å². The molecule has 12 atom stereocenters. The summed E-state index contributed by atoms with van der Waals surface area (Å²) < 4.78 is 0. The molecular weight excluding hydrogens is 468 g/mol. The lowest BCUT2D eigenvalue weighted by Gasteiger charge is -2.50. The number of hydrogen-bond donors (Lipinski definition) is 0. The molecule has 0 N–H and O–H groups in total. The summed E-state index contributed by atoms with van der Waals surface area (Å²) in [6.45, 7) is 7.98. The number of nitrogens with zero attached hydrogens (tertiary/aromatic N) is 4. The van der Waals surface area contributed by atoms with Gasteiger partial charge >= 0.3 is 0 Å². The molecule has 0 aliphatic heterocycles. The lowest BCUT2D eigenvalue weighted by molar-refractivity contribution is -0.130. The molecule has 7 rings (SSSR count). The molecule has 5 heteroatoms. The average molecular weight is 505 g/mol. The second-order valence-electron chi connectivity index (χ2n) is 13.5. The molecule has 7 fully saturated rings. The smallest absolute Gasteiger partial charge is 0.261 e. The minimum absolute atomic E-state index is 0.0306. The van der Waals surface area contributed by atoms with Gasteiger partial charge in [-0.2, -0.15) is 10.5 Å². The van der Waals surface area contributed by atoms with Crippen LogP contribution in [0.15, 0.2) is 22.4 Å². The summed E-state index contributed by atoms with van der Waals surface area (Å²) in [6, 6.07) is 6.93. The molecule has 7 aliphatic carbocycles. The highest BCUT2D eigenvalue weighted by molar-refractivity contribution is 5.87. The molecule has 0 radical (unpaired) electrons. The van der Waals surface area contributed by atoms with Gasteiger partial charge in [-0.15, -0.1) is 0 Å². The number of Topliss-reactive ketones (excluding diaryl/α,β-unsaturated/α-hetero) is 1. The van der Waals surface area contributed by atoms with Crippen molar-refractivity contribution >= 4 is 5.78 Å². The van der Waals surface area contributed by atoms with Crippen molar-refractivity contribution in [2.24, 2.45) is 71.0 Å². The quantitative estimate of drug-likeness (QED) is 0.269. The number of allylic oxidation sites excluding steroid dienone is 4. The van der Waals surface area contributed by atoms with Crippen molar-refractivity contribution < 1.29 is 4.79 Å². The topological polar surface area (TPSA) is 92.8 Å². The van der Waals surface area contributed by atoms with E-state index in [0.717, 1.165) is 68.9 Å². The summed E-state index contributed by atoms with van der Waals surface area (Å²) in [5, 5.41) is 30.5. The zero-order valence-electron chi connectivity index (χ0n) is 22.1. The molecule has 0 heterocycles. The van der Waals surface area contributed by atoms with Gasteiger partial charge in [-0.05, 0) is 109 Å². The van der Waals surface area contributed by atoms with Gasteiger partial charge in [-0.25, -0.2) is 10.1 Å². The third kappa shape index (κ3) is 3.03. The molecule has 194 valence electrons. The number of carbonyl (C=O) groups excluding carboxylic acids is 1. The minimum atomic E-state index is -0.0306. The van der Waals surface area contributed by atoms with Crippen LogP contribution in [-0.2, 0) is 4.79 Å². The Bertz CT molecular complexity index is 1210. The Morgan fingerprint density at radius 2 is 1.08 bits per heavy atom. The first-order chi connectivity index (χ1) is 18.7. The van der Waals surface area contributed by atoms with Gasteiger partial charge in [0.25, 0.3) is 5.70 Å². The molecule has 0 aromatic rings. The predicted molar refractivity (Wildman–Crippen MR) is 140 cm³/mol. The fourth-order valence-electron chi connectivity index (χ4n) is 12.0. The summed E-state index contributed by atoms with van der Waals surface area (Å²) in [6.07, 6.45) is 13.2. The first kappa shape index (κ1) is 24.2. The van der Waals surface area contributed by atoms with Crippen molar-refractivity contribution in [1.82, 2.24) is 0 Å². The van der Waals surface area contributed by atoms with Crippen LogP contribution in [0.4, 0.5) is 0 Å². The van der Waals surface area contributed by atoms with E-state index in [-0.39, 0.29) is 53.3 Å². The zero-order chi connectivity index (χ0) is 26.1. The molecule has 38 heavy (non-hydrogen) atoms. The summed E-state index contributed by atoms with van der Waals surface area (Å²) in [5.41, 5.74) is 2.78. The lowest BCUT2D eigenvalue weighted by atomic mass is 9.53. The normalized spacial score (nSPS) is 47.5. The Hall–Kier alpha value is -2.89. The maximum absolute atomic E-state index is 14.4. The van der Waals surface area contributed by atoms with Gasteiger partial charge in [-0.3, -0.25) is 4.79 Å². The molecule has 0 aromatic heterocycles. The molecule has 0 spiro atoms. The Labute approximate surface area is 226 Å². The number of hydrogen-bond acceptors (Lipinski definition) is 4. The van der Waals surface area contributed by atoms with E-state index >= 15 is 0 Å². The van der Waals surface area contributed by atoms with E-state index in [4.69, 9.17) is 6.57 Å². The number of fused-ring (bicyclic) bond motifs is 12. The number of rotatable bonds is 0. The van der Waals surface area contributed by atoms with E-state index in [9.17, 15) is 20.6 Å². The predicted octanol–water partition coefficient (Wildman–Crippen LogP) is 6.77.